The van der Waals surface area contributed by atoms with Crippen LogP contribution in [0.1, 0.15) is 34.6 Å². The number of carbonyl (C=O) groups is 2. The number of nitrogens with one attached hydrogen (secondary N) is 2. The molecule has 0 aliphatic heterocycles. The minimum absolute atomic E-state index is 0.309. The number of rotatable bonds is 3. The molecule has 0 saturated carbocycles. The highest BCUT2D eigenvalue weighted by Crippen LogP contribution is 2.21. The van der Waals surface area contributed by atoms with E-state index in [1.165, 1.54) is 0 Å². The summed E-state index contributed by atoms with van der Waals surface area (Å²) in [6.07, 6.45) is 0. The van der Waals surface area contributed by atoms with Gasteiger partial charge < -0.3 is 10.6 Å². The fourth-order valence-electron chi connectivity index (χ4n) is 1.42. The van der Waals surface area contributed by atoms with Crippen molar-refractivity contribution >= 4 is 29.1 Å². The number of carbonyl (C=O) groups excluding carboxylic acids is 2. The average Bonchev–Trinajstić information content (AvgIpc) is 2.29. The van der Waals surface area contributed by atoms with Gasteiger partial charge in [0.1, 0.15) is 5.41 Å². The largest absolute Gasteiger partial charge is 0.351 e. The van der Waals surface area contributed by atoms with Crippen LogP contribution in [0.3, 0.4) is 0 Å². The Morgan fingerprint density at radius 1 is 0.950 bits per heavy atom. The number of amides is 2. The molecule has 0 bridgehead atoms. The maximum Gasteiger partial charge on any atom is 0.239 e. The van der Waals surface area contributed by atoms with Crippen LogP contribution in [0, 0.1) is 5.41 Å². The first-order chi connectivity index (χ1) is 9.02. The molecule has 0 atom stereocenters. The van der Waals surface area contributed by atoms with Crippen LogP contribution in [0.25, 0.3) is 0 Å². The molecule has 1 aromatic rings. The van der Waals surface area contributed by atoms with E-state index in [4.69, 9.17) is 11.6 Å². The predicted molar refractivity (Wildman–Crippen MR) is 81.8 cm³/mol. The number of benzene rings is 1. The predicted octanol–water partition coefficient (Wildman–Crippen LogP) is 3.22. The molecule has 110 valence electrons. The van der Waals surface area contributed by atoms with Crippen molar-refractivity contribution in [3.63, 3.8) is 0 Å². The Morgan fingerprint density at radius 2 is 1.45 bits per heavy atom. The summed E-state index contributed by atoms with van der Waals surface area (Å²) in [5.74, 6) is -0.668. The van der Waals surface area contributed by atoms with Crippen LogP contribution in [0.2, 0.25) is 5.02 Å². The molecule has 0 aromatic heterocycles. The third-order valence-electron chi connectivity index (χ3n) is 2.73. The minimum Gasteiger partial charge on any atom is -0.351 e. The van der Waals surface area contributed by atoms with Crippen molar-refractivity contribution in [1.29, 1.82) is 0 Å². The summed E-state index contributed by atoms with van der Waals surface area (Å²) in [6.45, 7) is 8.81. The van der Waals surface area contributed by atoms with E-state index in [1.54, 1.807) is 38.1 Å². The first-order valence-corrected chi connectivity index (χ1v) is 6.80. The standard InChI is InChI=1S/C15H21ClN2O2/c1-14(2,3)18-13(20)15(4,5)12(19)17-11-8-6-10(16)7-9-11/h6-9H,1-5H3,(H,17,19)(H,18,20). The number of halogens is 1. The van der Waals surface area contributed by atoms with Gasteiger partial charge in [-0.25, -0.2) is 0 Å². The lowest BCUT2D eigenvalue weighted by Gasteiger charge is -2.28. The third-order valence-corrected chi connectivity index (χ3v) is 2.98. The van der Waals surface area contributed by atoms with E-state index >= 15 is 0 Å². The fraction of sp³-hybridized carbons (Fsp3) is 0.467. The Hall–Kier alpha value is -1.55. The SMILES string of the molecule is CC(C)(C)NC(=O)C(C)(C)C(=O)Nc1ccc(Cl)cc1. The number of hydrogen-bond donors (Lipinski definition) is 2. The lowest BCUT2D eigenvalue weighted by Crippen LogP contribution is -2.51. The summed E-state index contributed by atoms with van der Waals surface area (Å²) in [4.78, 5) is 24.4. The van der Waals surface area contributed by atoms with E-state index in [0.29, 0.717) is 10.7 Å². The van der Waals surface area contributed by atoms with Gasteiger partial charge in [0.2, 0.25) is 11.8 Å². The smallest absolute Gasteiger partial charge is 0.239 e. The maximum absolute atomic E-state index is 12.2. The molecule has 2 N–H and O–H groups in total. The number of anilines is 1. The third kappa shape index (κ3) is 4.53. The molecule has 5 heteroatoms. The molecule has 4 nitrogen and oxygen atoms in total. The number of hydrogen-bond acceptors (Lipinski definition) is 2. The van der Waals surface area contributed by atoms with E-state index in [9.17, 15) is 9.59 Å². The second-order valence-electron chi connectivity index (χ2n) is 6.29. The van der Waals surface area contributed by atoms with Gasteiger partial charge in [0.25, 0.3) is 0 Å². The highest BCUT2D eigenvalue weighted by atomic mass is 35.5. The summed E-state index contributed by atoms with van der Waals surface area (Å²) >= 11 is 5.78. The van der Waals surface area contributed by atoms with Gasteiger partial charge in [-0.2, -0.15) is 0 Å². The molecule has 1 aromatic carbocycles. The van der Waals surface area contributed by atoms with Crippen LogP contribution >= 0.6 is 11.6 Å². The van der Waals surface area contributed by atoms with Crippen molar-refractivity contribution in [2.45, 2.75) is 40.2 Å². The van der Waals surface area contributed by atoms with Crippen LogP contribution in [-0.2, 0) is 9.59 Å². The lowest BCUT2D eigenvalue weighted by atomic mass is 9.89. The Balaban J connectivity index is 2.79. The van der Waals surface area contributed by atoms with Crippen molar-refractivity contribution in [2.24, 2.45) is 5.41 Å². The minimum atomic E-state index is -1.16. The second kappa shape index (κ2) is 5.83. The van der Waals surface area contributed by atoms with Crippen molar-refractivity contribution in [3.05, 3.63) is 29.3 Å². The van der Waals surface area contributed by atoms with E-state index in [-0.39, 0.29) is 17.4 Å². The first kappa shape index (κ1) is 16.5. The van der Waals surface area contributed by atoms with Crippen LogP contribution in [0.15, 0.2) is 24.3 Å². The normalized spacial score (nSPS) is 11.9. The molecule has 0 spiro atoms. The molecule has 1 rings (SSSR count). The highest BCUT2D eigenvalue weighted by molar-refractivity contribution is 6.30. The van der Waals surface area contributed by atoms with E-state index in [1.807, 2.05) is 20.8 Å². The van der Waals surface area contributed by atoms with Crippen molar-refractivity contribution in [3.8, 4) is 0 Å². The van der Waals surface area contributed by atoms with Gasteiger partial charge in [-0.1, -0.05) is 11.6 Å². The quantitative estimate of drug-likeness (QED) is 0.841. The van der Waals surface area contributed by atoms with Gasteiger partial charge in [0.15, 0.2) is 0 Å². The van der Waals surface area contributed by atoms with Crippen LogP contribution in [0.4, 0.5) is 5.69 Å². The van der Waals surface area contributed by atoms with E-state index < -0.39 is 5.41 Å². The zero-order chi connectivity index (χ0) is 15.6. The summed E-state index contributed by atoms with van der Waals surface area (Å²) in [5, 5.41) is 6.12. The molecule has 0 unspecified atom stereocenters. The van der Waals surface area contributed by atoms with Crippen LogP contribution in [-0.4, -0.2) is 17.4 Å². The van der Waals surface area contributed by atoms with Crippen molar-refractivity contribution < 1.29 is 9.59 Å². The monoisotopic (exact) mass is 296 g/mol. The molecule has 0 fully saturated rings. The molecular weight excluding hydrogens is 276 g/mol. The topological polar surface area (TPSA) is 58.2 Å². The van der Waals surface area contributed by atoms with Crippen molar-refractivity contribution in [2.75, 3.05) is 5.32 Å². The van der Waals surface area contributed by atoms with Gasteiger partial charge in [0, 0.05) is 16.2 Å². The zero-order valence-electron chi connectivity index (χ0n) is 12.5. The van der Waals surface area contributed by atoms with E-state index in [0.717, 1.165) is 0 Å². The summed E-state index contributed by atoms with van der Waals surface area (Å²) in [6, 6.07) is 6.74. The molecule has 20 heavy (non-hydrogen) atoms. The Morgan fingerprint density at radius 3 is 1.90 bits per heavy atom. The molecule has 0 aliphatic carbocycles. The van der Waals surface area contributed by atoms with Crippen molar-refractivity contribution in [1.82, 2.24) is 5.32 Å². The summed E-state index contributed by atoms with van der Waals surface area (Å²) in [7, 11) is 0. The molecule has 0 heterocycles. The molecule has 0 radical (unpaired) electrons. The van der Waals surface area contributed by atoms with Gasteiger partial charge in [-0.05, 0) is 58.9 Å². The lowest BCUT2D eigenvalue weighted by molar-refractivity contribution is -0.139. The molecule has 2 amide bonds. The Bertz CT molecular complexity index is 502. The molecule has 0 saturated heterocycles. The highest BCUT2D eigenvalue weighted by Gasteiger charge is 2.37. The Labute approximate surface area is 124 Å². The summed E-state index contributed by atoms with van der Waals surface area (Å²) in [5.41, 5.74) is -0.932. The average molecular weight is 297 g/mol. The fourth-order valence-corrected chi connectivity index (χ4v) is 1.55. The summed E-state index contributed by atoms with van der Waals surface area (Å²) < 4.78 is 0. The van der Waals surface area contributed by atoms with Crippen LogP contribution < -0.4 is 10.6 Å². The van der Waals surface area contributed by atoms with E-state index in [2.05, 4.69) is 10.6 Å². The van der Waals surface area contributed by atoms with Gasteiger partial charge >= 0.3 is 0 Å². The van der Waals surface area contributed by atoms with Gasteiger partial charge in [0.05, 0.1) is 0 Å². The Kier molecular flexibility index (Phi) is 4.81. The first-order valence-electron chi connectivity index (χ1n) is 6.42. The van der Waals surface area contributed by atoms with Gasteiger partial charge in [-0.15, -0.1) is 0 Å². The zero-order valence-corrected chi connectivity index (χ0v) is 13.3. The molecule has 0 aliphatic rings. The maximum atomic E-state index is 12.2. The van der Waals surface area contributed by atoms with Crippen LogP contribution in [0.5, 0.6) is 0 Å². The second-order valence-corrected chi connectivity index (χ2v) is 6.73. The molecular formula is C15H21ClN2O2. The van der Waals surface area contributed by atoms with Gasteiger partial charge in [-0.3, -0.25) is 9.59 Å².